The van der Waals surface area contributed by atoms with Crippen molar-refractivity contribution in [2.24, 2.45) is 0 Å². The standard InChI is InChI=1S/C18H19ClFN3O2/c1-10-4-3-5-12(8-10)13(20)9-21-17-14(19)15(18(24)25-2)22-16(23-17)11-6-7-11/h3-5,8,11,13H,6-7,9H2,1-2H3,(H,21,22,23). The molecule has 1 unspecified atom stereocenters. The molecule has 1 heterocycles. The number of rotatable bonds is 6. The molecule has 0 bridgehead atoms. The van der Waals surface area contributed by atoms with E-state index in [0.717, 1.165) is 18.4 Å². The summed E-state index contributed by atoms with van der Waals surface area (Å²) in [5, 5.41) is 2.96. The van der Waals surface area contributed by atoms with Crippen LogP contribution in [0.4, 0.5) is 10.2 Å². The van der Waals surface area contributed by atoms with Gasteiger partial charge in [0.25, 0.3) is 0 Å². The summed E-state index contributed by atoms with van der Waals surface area (Å²) < 4.78 is 19.2. The number of carbonyl (C=O) groups is 1. The fourth-order valence-electron chi connectivity index (χ4n) is 2.51. The number of aryl methyl sites for hydroxylation is 1. The van der Waals surface area contributed by atoms with E-state index < -0.39 is 12.1 Å². The molecule has 0 radical (unpaired) electrons. The van der Waals surface area contributed by atoms with Crippen LogP contribution in [-0.2, 0) is 4.74 Å². The van der Waals surface area contributed by atoms with E-state index in [9.17, 15) is 9.18 Å². The van der Waals surface area contributed by atoms with Gasteiger partial charge in [0.1, 0.15) is 22.8 Å². The maximum atomic E-state index is 14.5. The fraction of sp³-hybridized carbons (Fsp3) is 0.389. The summed E-state index contributed by atoms with van der Waals surface area (Å²) in [7, 11) is 1.26. The van der Waals surface area contributed by atoms with Crippen molar-refractivity contribution in [3.63, 3.8) is 0 Å². The van der Waals surface area contributed by atoms with Gasteiger partial charge in [0, 0.05) is 5.92 Å². The number of esters is 1. The highest BCUT2D eigenvalue weighted by Gasteiger charge is 2.30. The van der Waals surface area contributed by atoms with Gasteiger partial charge in [-0.25, -0.2) is 19.2 Å². The summed E-state index contributed by atoms with van der Waals surface area (Å²) in [6.45, 7) is 1.90. The monoisotopic (exact) mass is 363 g/mol. The Morgan fingerprint density at radius 2 is 2.20 bits per heavy atom. The minimum absolute atomic E-state index is 0.00882. The summed E-state index contributed by atoms with van der Waals surface area (Å²) in [6.07, 6.45) is 0.713. The maximum Gasteiger partial charge on any atom is 0.358 e. The van der Waals surface area contributed by atoms with Gasteiger partial charge >= 0.3 is 5.97 Å². The average Bonchev–Trinajstić information content (AvgIpc) is 3.45. The van der Waals surface area contributed by atoms with Crippen LogP contribution in [0, 0.1) is 6.92 Å². The number of benzene rings is 1. The van der Waals surface area contributed by atoms with Crippen LogP contribution >= 0.6 is 11.6 Å². The lowest BCUT2D eigenvalue weighted by molar-refractivity contribution is 0.0593. The molecule has 0 saturated heterocycles. The predicted molar refractivity (Wildman–Crippen MR) is 93.9 cm³/mol. The van der Waals surface area contributed by atoms with Gasteiger partial charge in [-0.1, -0.05) is 41.4 Å². The Labute approximate surface area is 150 Å². The molecule has 2 aromatic rings. The first-order valence-electron chi connectivity index (χ1n) is 8.10. The third-order valence-corrected chi connectivity index (χ3v) is 4.40. The number of ether oxygens (including phenoxy) is 1. The lowest BCUT2D eigenvalue weighted by Gasteiger charge is -2.14. The zero-order valence-electron chi connectivity index (χ0n) is 14.1. The second-order valence-electron chi connectivity index (χ2n) is 6.12. The molecular weight excluding hydrogens is 345 g/mol. The van der Waals surface area contributed by atoms with Crippen LogP contribution in [0.5, 0.6) is 0 Å². The van der Waals surface area contributed by atoms with Gasteiger partial charge in [0.05, 0.1) is 13.7 Å². The smallest absolute Gasteiger partial charge is 0.358 e. The second-order valence-corrected chi connectivity index (χ2v) is 6.50. The number of hydrogen-bond acceptors (Lipinski definition) is 5. The molecule has 1 fully saturated rings. The second kappa shape index (κ2) is 7.35. The SMILES string of the molecule is COC(=O)c1nc(C2CC2)nc(NCC(F)c2cccc(C)c2)c1Cl. The number of halogens is 2. The Kier molecular flexibility index (Phi) is 5.18. The van der Waals surface area contributed by atoms with Crippen LogP contribution in [-0.4, -0.2) is 29.6 Å². The number of alkyl halides is 1. The highest BCUT2D eigenvalue weighted by atomic mass is 35.5. The first-order valence-corrected chi connectivity index (χ1v) is 8.47. The summed E-state index contributed by atoms with van der Waals surface area (Å²) in [5.41, 5.74) is 1.58. The lowest BCUT2D eigenvalue weighted by Crippen LogP contribution is -2.15. The normalized spacial score (nSPS) is 14.9. The molecule has 1 atom stereocenters. The topological polar surface area (TPSA) is 64.1 Å². The van der Waals surface area contributed by atoms with E-state index >= 15 is 0 Å². The minimum atomic E-state index is -1.23. The summed E-state index contributed by atoms with van der Waals surface area (Å²) in [4.78, 5) is 20.5. The lowest BCUT2D eigenvalue weighted by atomic mass is 10.1. The summed E-state index contributed by atoms with van der Waals surface area (Å²) in [6, 6.07) is 7.25. The van der Waals surface area contributed by atoms with Crippen LogP contribution in [0.25, 0.3) is 0 Å². The largest absolute Gasteiger partial charge is 0.464 e. The maximum absolute atomic E-state index is 14.5. The van der Waals surface area contributed by atoms with E-state index in [1.54, 1.807) is 12.1 Å². The highest BCUT2D eigenvalue weighted by molar-refractivity contribution is 6.35. The molecule has 0 amide bonds. The third kappa shape index (κ3) is 4.07. The molecule has 1 aromatic carbocycles. The Bertz CT molecular complexity index is 796. The van der Waals surface area contributed by atoms with Crippen molar-refractivity contribution < 1.29 is 13.9 Å². The van der Waals surface area contributed by atoms with Crippen molar-refractivity contribution in [3.8, 4) is 0 Å². The molecule has 5 nitrogen and oxygen atoms in total. The Morgan fingerprint density at radius 1 is 1.44 bits per heavy atom. The van der Waals surface area contributed by atoms with Crippen LogP contribution in [0.3, 0.4) is 0 Å². The number of nitrogens with one attached hydrogen (secondary N) is 1. The quantitative estimate of drug-likeness (QED) is 0.778. The number of carbonyl (C=O) groups excluding carboxylic acids is 1. The average molecular weight is 364 g/mol. The molecule has 1 N–H and O–H groups in total. The van der Waals surface area contributed by atoms with E-state index in [-0.39, 0.29) is 29.0 Å². The first kappa shape index (κ1) is 17.6. The number of methoxy groups -OCH3 is 1. The number of nitrogens with zero attached hydrogens (tertiary/aromatic N) is 2. The van der Waals surface area contributed by atoms with E-state index in [1.807, 2.05) is 19.1 Å². The van der Waals surface area contributed by atoms with Crippen LogP contribution in [0.15, 0.2) is 24.3 Å². The van der Waals surface area contributed by atoms with Crippen molar-refractivity contribution >= 4 is 23.4 Å². The highest BCUT2D eigenvalue weighted by Crippen LogP contribution is 2.39. The van der Waals surface area contributed by atoms with Crippen LogP contribution < -0.4 is 5.32 Å². The predicted octanol–water partition coefficient (Wildman–Crippen LogP) is 4.23. The van der Waals surface area contributed by atoms with E-state index in [2.05, 4.69) is 15.3 Å². The molecule has 7 heteroatoms. The van der Waals surface area contributed by atoms with Crippen molar-refractivity contribution in [3.05, 3.63) is 51.9 Å². The molecule has 1 aliphatic carbocycles. The number of aromatic nitrogens is 2. The first-order chi connectivity index (χ1) is 12.0. The van der Waals surface area contributed by atoms with E-state index in [1.165, 1.54) is 7.11 Å². The van der Waals surface area contributed by atoms with Gasteiger partial charge in [0.2, 0.25) is 0 Å². The van der Waals surface area contributed by atoms with Gasteiger partial charge in [-0.3, -0.25) is 0 Å². The van der Waals surface area contributed by atoms with Gasteiger partial charge in [-0.2, -0.15) is 0 Å². The van der Waals surface area contributed by atoms with E-state index in [0.29, 0.717) is 11.4 Å². The molecule has 0 aliphatic heterocycles. The zero-order chi connectivity index (χ0) is 18.0. The molecular formula is C18H19ClFN3O2. The van der Waals surface area contributed by atoms with Crippen molar-refractivity contribution in [1.29, 1.82) is 0 Å². The van der Waals surface area contributed by atoms with Gasteiger partial charge < -0.3 is 10.1 Å². The number of anilines is 1. The van der Waals surface area contributed by atoms with Crippen molar-refractivity contribution in [2.75, 3.05) is 19.0 Å². The Morgan fingerprint density at radius 3 is 2.84 bits per heavy atom. The Balaban J connectivity index is 1.81. The molecule has 1 saturated carbocycles. The van der Waals surface area contributed by atoms with Crippen molar-refractivity contribution in [1.82, 2.24) is 9.97 Å². The summed E-state index contributed by atoms with van der Waals surface area (Å²) in [5.74, 6) is 0.388. The molecule has 132 valence electrons. The minimum Gasteiger partial charge on any atom is -0.464 e. The zero-order valence-corrected chi connectivity index (χ0v) is 14.8. The summed E-state index contributed by atoms with van der Waals surface area (Å²) >= 11 is 6.22. The van der Waals surface area contributed by atoms with Gasteiger partial charge in [-0.15, -0.1) is 0 Å². The molecule has 1 aromatic heterocycles. The third-order valence-electron chi connectivity index (χ3n) is 4.04. The molecule has 25 heavy (non-hydrogen) atoms. The molecule has 1 aliphatic rings. The van der Waals surface area contributed by atoms with Crippen LogP contribution in [0.2, 0.25) is 5.02 Å². The Hall–Kier alpha value is -2.21. The molecule has 0 spiro atoms. The van der Waals surface area contributed by atoms with Gasteiger partial charge in [0.15, 0.2) is 5.69 Å². The van der Waals surface area contributed by atoms with Crippen LogP contribution in [0.1, 0.15) is 52.4 Å². The van der Waals surface area contributed by atoms with Crippen molar-refractivity contribution in [2.45, 2.75) is 31.9 Å². The molecule has 3 rings (SSSR count). The fourth-order valence-corrected chi connectivity index (χ4v) is 2.74. The number of hydrogen-bond donors (Lipinski definition) is 1. The van der Waals surface area contributed by atoms with E-state index in [4.69, 9.17) is 16.3 Å². The van der Waals surface area contributed by atoms with Gasteiger partial charge in [-0.05, 0) is 25.3 Å².